The van der Waals surface area contributed by atoms with Crippen molar-refractivity contribution < 1.29 is 13.7 Å². The van der Waals surface area contributed by atoms with Gasteiger partial charge in [-0.15, -0.1) is 11.6 Å². The van der Waals surface area contributed by atoms with Gasteiger partial charge in [-0.05, 0) is 18.3 Å². The van der Waals surface area contributed by atoms with E-state index in [1.54, 1.807) is 0 Å². The van der Waals surface area contributed by atoms with Crippen molar-refractivity contribution in [3.63, 3.8) is 0 Å². The van der Waals surface area contributed by atoms with Crippen LogP contribution in [0.5, 0.6) is 0 Å². The third-order valence-corrected chi connectivity index (χ3v) is 5.65. The van der Waals surface area contributed by atoms with Crippen molar-refractivity contribution >= 4 is 21.4 Å². The SMILES string of the molecule is O=S1(=O)CC2CC2C1C[NH2+]CCCl. The Hall–Kier alpha value is 0.200. The fourth-order valence-corrected chi connectivity index (χ4v) is 4.96. The van der Waals surface area contributed by atoms with Crippen LogP contribution in [-0.2, 0) is 9.84 Å². The summed E-state index contributed by atoms with van der Waals surface area (Å²) in [6, 6.07) is 0. The Kier molecular flexibility index (Phi) is 2.55. The van der Waals surface area contributed by atoms with E-state index in [1.807, 2.05) is 5.32 Å². The van der Waals surface area contributed by atoms with Crippen LogP contribution >= 0.6 is 11.6 Å². The van der Waals surface area contributed by atoms with E-state index in [9.17, 15) is 8.42 Å². The maximum Gasteiger partial charge on any atom is 0.159 e. The van der Waals surface area contributed by atoms with Crippen LogP contribution in [0.2, 0.25) is 0 Å². The second kappa shape index (κ2) is 3.41. The second-order valence-electron chi connectivity index (χ2n) is 4.03. The Balaban J connectivity index is 1.90. The summed E-state index contributed by atoms with van der Waals surface area (Å²) in [5, 5.41) is 1.95. The maximum absolute atomic E-state index is 11.5. The number of hydrogen-bond donors (Lipinski definition) is 1. The molecule has 1 heterocycles. The van der Waals surface area contributed by atoms with E-state index >= 15 is 0 Å². The number of nitrogens with two attached hydrogens (primary N) is 1. The Morgan fingerprint density at radius 1 is 1.46 bits per heavy atom. The van der Waals surface area contributed by atoms with Crippen LogP contribution in [0.25, 0.3) is 0 Å². The van der Waals surface area contributed by atoms with Crippen LogP contribution in [0, 0.1) is 11.8 Å². The largest absolute Gasteiger partial charge is 0.344 e. The van der Waals surface area contributed by atoms with E-state index in [0.29, 0.717) is 23.5 Å². The van der Waals surface area contributed by atoms with E-state index < -0.39 is 9.84 Å². The first kappa shape index (κ1) is 9.74. The van der Waals surface area contributed by atoms with Gasteiger partial charge in [-0.2, -0.15) is 0 Å². The first-order valence-corrected chi connectivity index (χ1v) is 6.99. The minimum atomic E-state index is -2.74. The molecule has 1 saturated heterocycles. The lowest BCUT2D eigenvalue weighted by molar-refractivity contribution is -0.650. The molecule has 0 bridgehead atoms. The quantitative estimate of drug-likeness (QED) is 0.503. The van der Waals surface area contributed by atoms with Crippen LogP contribution in [0.1, 0.15) is 6.42 Å². The molecule has 76 valence electrons. The van der Waals surface area contributed by atoms with Crippen LogP contribution < -0.4 is 5.32 Å². The summed E-state index contributed by atoms with van der Waals surface area (Å²) >= 11 is 5.52. The molecule has 1 aliphatic heterocycles. The summed E-state index contributed by atoms with van der Waals surface area (Å²) in [7, 11) is -2.74. The molecule has 3 atom stereocenters. The molecule has 0 aromatic rings. The molecule has 3 nitrogen and oxygen atoms in total. The molecule has 2 N–H and O–H groups in total. The van der Waals surface area contributed by atoms with E-state index in [4.69, 9.17) is 11.6 Å². The molecule has 0 aromatic heterocycles. The summed E-state index contributed by atoms with van der Waals surface area (Å²) in [5.74, 6) is 2.02. The van der Waals surface area contributed by atoms with E-state index in [0.717, 1.165) is 19.5 Å². The lowest BCUT2D eigenvalue weighted by Crippen LogP contribution is -2.87. The third kappa shape index (κ3) is 1.85. The fraction of sp³-hybridized carbons (Fsp3) is 1.00. The van der Waals surface area contributed by atoms with Crippen LogP contribution in [-0.4, -0.2) is 38.4 Å². The maximum atomic E-state index is 11.5. The minimum Gasteiger partial charge on any atom is -0.344 e. The van der Waals surface area contributed by atoms with Gasteiger partial charge in [0.1, 0.15) is 5.25 Å². The molecule has 2 rings (SSSR count). The van der Waals surface area contributed by atoms with Gasteiger partial charge in [0, 0.05) is 0 Å². The molecule has 13 heavy (non-hydrogen) atoms. The van der Waals surface area contributed by atoms with Crippen LogP contribution in [0.15, 0.2) is 0 Å². The van der Waals surface area contributed by atoms with Crippen molar-refractivity contribution in [3.05, 3.63) is 0 Å². The highest BCUT2D eigenvalue weighted by molar-refractivity contribution is 7.92. The number of alkyl halides is 1. The molecule has 2 aliphatic rings. The molecule has 2 fully saturated rings. The Labute approximate surface area is 83.8 Å². The highest BCUT2D eigenvalue weighted by Gasteiger charge is 2.57. The average molecular weight is 225 g/mol. The van der Waals surface area contributed by atoms with Gasteiger partial charge in [0.05, 0.1) is 24.7 Å². The number of halogens is 1. The molecule has 0 radical (unpaired) electrons. The monoisotopic (exact) mass is 224 g/mol. The number of sulfone groups is 1. The zero-order valence-corrected chi connectivity index (χ0v) is 9.02. The molecular formula is C8H15ClNO2S+. The Bertz CT molecular complexity index is 291. The Morgan fingerprint density at radius 3 is 2.77 bits per heavy atom. The molecular weight excluding hydrogens is 210 g/mol. The van der Waals surface area contributed by atoms with Gasteiger partial charge >= 0.3 is 0 Å². The number of fused-ring (bicyclic) bond motifs is 1. The van der Waals surface area contributed by atoms with E-state index in [2.05, 4.69) is 0 Å². The third-order valence-electron chi connectivity index (χ3n) is 3.07. The van der Waals surface area contributed by atoms with Crippen molar-refractivity contribution in [2.45, 2.75) is 11.7 Å². The molecule has 3 unspecified atom stereocenters. The molecule has 0 spiro atoms. The number of rotatable bonds is 4. The standard InChI is InChI=1S/C8H14ClNO2S/c9-1-2-10-4-8-7-3-6(7)5-13(8,11)12/h6-8,10H,1-5H2/p+1. The second-order valence-corrected chi connectivity index (χ2v) is 6.67. The van der Waals surface area contributed by atoms with Crippen molar-refractivity contribution in [3.8, 4) is 0 Å². The van der Waals surface area contributed by atoms with Crippen molar-refractivity contribution in [1.29, 1.82) is 0 Å². The Morgan fingerprint density at radius 2 is 2.23 bits per heavy atom. The summed E-state index contributed by atoms with van der Waals surface area (Å²) in [6.07, 6.45) is 1.14. The number of quaternary nitrogens is 1. The van der Waals surface area contributed by atoms with Crippen molar-refractivity contribution in [2.24, 2.45) is 11.8 Å². The predicted octanol–water partition coefficient (Wildman–Crippen LogP) is -0.778. The fourth-order valence-electron chi connectivity index (χ4n) is 2.29. The lowest BCUT2D eigenvalue weighted by Gasteiger charge is -2.09. The summed E-state index contributed by atoms with van der Waals surface area (Å²) in [5.41, 5.74) is 0. The minimum absolute atomic E-state index is 0.0688. The smallest absolute Gasteiger partial charge is 0.159 e. The van der Waals surface area contributed by atoms with Gasteiger partial charge in [0.25, 0.3) is 0 Å². The summed E-state index contributed by atoms with van der Waals surface area (Å²) in [6.45, 7) is 1.54. The molecule has 1 saturated carbocycles. The lowest BCUT2D eigenvalue weighted by atomic mass is 10.2. The van der Waals surface area contributed by atoms with Gasteiger partial charge < -0.3 is 5.32 Å². The topological polar surface area (TPSA) is 50.8 Å². The highest BCUT2D eigenvalue weighted by atomic mass is 35.5. The van der Waals surface area contributed by atoms with Crippen LogP contribution in [0.4, 0.5) is 0 Å². The normalized spacial score (nSPS) is 40.2. The van der Waals surface area contributed by atoms with E-state index in [-0.39, 0.29) is 5.25 Å². The summed E-state index contributed by atoms with van der Waals surface area (Å²) < 4.78 is 23.1. The molecule has 5 heteroatoms. The van der Waals surface area contributed by atoms with Crippen molar-refractivity contribution in [1.82, 2.24) is 0 Å². The van der Waals surface area contributed by atoms with Gasteiger partial charge in [0.2, 0.25) is 0 Å². The van der Waals surface area contributed by atoms with Crippen molar-refractivity contribution in [2.75, 3.05) is 24.7 Å². The van der Waals surface area contributed by atoms with Gasteiger partial charge in [0.15, 0.2) is 9.84 Å². The van der Waals surface area contributed by atoms with Gasteiger partial charge in [-0.3, -0.25) is 0 Å². The first-order chi connectivity index (χ1) is 6.15. The first-order valence-electron chi connectivity index (χ1n) is 4.74. The highest BCUT2D eigenvalue weighted by Crippen LogP contribution is 2.50. The van der Waals surface area contributed by atoms with Gasteiger partial charge in [-0.1, -0.05) is 0 Å². The molecule has 0 amide bonds. The zero-order valence-electron chi connectivity index (χ0n) is 7.45. The summed E-state index contributed by atoms with van der Waals surface area (Å²) in [4.78, 5) is 0. The zero-order chi connectivity index (χ0) is 9.47. The molecule has 0 aromatic carbocycles. The van der Waals surface area contributed by atoms with Crippen LogP contribution in [0.3, 0.4) is 0 Å². The predicted molar refractivity (Wildman–Crippen MR) is 51.6 cm³/mol. The van der Waals surface area contributed by atoms with Gasteiger partial charge in [-0.25, -0.2) is 8.42 Å². The average Bonchev–Trinajstić information content (AvgIpc) is 2.71. The van der Waals surface area contributed by atoms with E-state index in [1.165, 1.54) is 0 Å². The molecule has 1 aliphatic carbocycles. The number of hydrogen-bond acceptors (Lipinski definition) is 2.